The molecule has 1 aliphatic heterocycles. The van der Waals surface area contributed by atoms with Crippen LogP contribution in [0.4, 0.5) is 0 Å². The van der Waals surface area contributed by atoms with Gasteiger partial charge in [0.15, 0.2) is 17.5 Å². The maximum atomic E-state index is 5.31. The molecule has 4 heterocycles. The number of hydrogen-bond donors (Lipinski definition) is 0. The van der Waals surface area contributed by atoms with Crippen LogP contribution in [0.1, 0.15) is 0 Å². The number of hydrogen-bond acceptors (Lipinski definition) is 6. The molecule has 0 aliphatic carbocycles. The number of fused-ring (bicyclic) bond motifs is 11. The van der Waals surface area contributed by atoms with E-state index in [1.165, 1.54) is 42.8 Å². The maximum absolute atomic E-state index is 5.31. The van der Waals surface area contributed by atoms with Crippen molar-refractivity contribution in [3.8, 4) is 101 Å². The third-order valence-corrected chi connectivity index (χ3v) is 13.4. The molecule has 0 fully saturated rings. The van der Waals surface area contributed by atoms with Crippen LogP contribution in [0, 0.1) is 0 Å². The van der Waals surface area contributed by atoms with Crippen molar-refractivity contribution >= 4 is 22.5 Å². The van der Waals surface area contributed by atoms with E-state index in [2.05, 4.69) is 198 Å². The first kappa shape index (κ1) is 38.4. The monoisotopic (exact) mass is 847 g/mol. The molecule has 0 spiro atoms. The first-order valence-corrected chi connectivity index (χ1v) is 22.4. The zero-order chi connectivity index (χ0) is 43.1. The zero-order valence-electron chi connectivity index (χ0n) is 35.0. The van der Waals surface area contributed by atoms with E-state index in [4.69, 9.17) is 15.0 Å². The van der Waals surface area contributed by atoms with Gasteiger partial charge in [0.05, 0.1) is 0 Å². The van der Waals surface area contributed by atoms with Crippen LogP contribution in [0.15, 0.2) is 235 Å². The van der Waals surface area contributed by atoms with Gasteiger partial charge in [-0.15, -0.1) is 0 Å². The number of aromatic nitrogens is 5. The Morgan fingerprint density at radius 3 is 1.34 bits per heavy atom. The molecule has 65 heavy (non-hydrogen) atoms. The minimum Gasteiger partial charge on any atom is -0.264 e. The van der Waals surface area contributed by atoms with E-state index in [1.54, 1.807) is 12.4 Å². The summed E-state index contributed by atoms with van der Waals surface area (Å²) in [6.45, 7) is 0. The topological polar surface area (TPSA) is 64.5 Å². The Labute approximate surface area is 381 Å². The molecule has 11 aromatic rings. The molecule has 0 unspecified atom stereocenters. The number of benzene rings is 8. The van der Waals surface area contributed by atoms with E-state index in [1.807, 2.05) is 36.3 Å². The van der Waals surface area contributed by atoms with Gasteiger partial charge in [0, 0.05) is 62.4 Å². The molecule has 0 amide bonds. The Balaban J connectivity index is 1.12. The lowest BCUT2D eigenvalue weighted by Crippen LogP contribution is -2.01. The van der Waals surface area contributed by atoms with Crippen LogP contribution in [0.25, 0.3) is 112 Å². The van der Waals surface area contributed by atoms with E-state index in [0.29, 0.717) is 17.5 Å². The Hall–Kier alpha value is -8.32. The summed E-state index contributed by atoms with van der Waals surface area (Å²) < 4.78 is 0. The molecule has 0 saturated heterocycles. The molecular formula is C59H37N5S. The SMILES string of the molecule is c1cncc(-c2cccc(-c3nc(-c4cccc(-c5cccnc5)c4)nc(-c4ccc5c(c4)-c4ccc6ccccc6c4Sc4ccccc4-c4ccccc4-c4ccccc4-5)n3)c2)c1. The van der Waals surface area contributed by atoms with E-state index in [9.17, 15) is 0 Å². The highest BCUT2D eigenvalue weighted by atomic mass is 32.2. The summed E-state index contributed by atoms with van der Waals surface area (Å²) >= 11 is 1.83. The normalized spacial score (nSPS) is 11.6. The fourth-order valence-electron chi connectivity index (χ4n) is 9.01. The van der Waals surface area contributed by atoms with Crippen molar-refractivity contribution in [2.45, 2.75) is 9.79 Å². The molecule has 6 heteroatoms. The molecule has 3 aromatic heterocycles. The van der Waals surface area contributed by atoms with Gasteiger partial charge in [-0.1, -0.05) is 176 Å². The van der Waals surface area contributed by atoms with Gasteiger partial charge < -0.3 is 0 Å². The second kappa shape index (κ2) is 16.4. The van der Waals surface area contributed by atoms with Crippen LogP contribution in [0.2, 0.25) is 0 Å². The van der Waals surface area contributed by atoms with Crippen LogP contribution in [0.5, 0.6) is 0 Å². The van der Waals surface area contributed by atoms with Crippen molar-refractivity contribution in [2.24, 2.45) is 0 Å². The number of pyridine rings is 2. The summed E-state index contributed by atoms with van der Waals surface area (Å²) in [5.41, 5.74) is 16.1. The van der Waals surface area contributed by atoms with Gasteiger partial charge in [-0.05, 0) is 103 Å². The Bertz CT molecular complexity index is 3490. The van der Waals surface area contributed by atoms with Crippen molar-refractivity contribution < 1.29 is 0 Å². The van der Waals surface area contributed by atoms with Gasteiger partial charge in [0.2, 0.25) is 0 Å². The molecule has 304 valence electrons. The second-order valence-electron chi connectivity index (χ2n) is 16.1. The highest BCUT2D eigenvalue weighted by Crippen LogP contribution is 2.50. The predicted molar refractivity (Wildman–Crippen MR) is 266 cm³/mol. The fourth-order valence-corrected chi connectivity index (χ4v) is 10.2. The van der Waals surface area contributed by atoms with Crippen molar-refractivity contribution in [1.82, 2.24) is 24.9 Å². The quantitative estimate of drug-likeness (QED) is 0.172. The van der Waals surface area contributed by atoms with Gasteiger partial charge in [-0.2, -0.15) is 0 Å². The highest BCUT2D eigenvalue weighted by Gasteiger charge is 2.24. The average molecular weight is 848 g/mol. The van der Waals surface area contributed by atoms with E-state index in [-0.39, 0.29) is 0 Å². The lowest BCUT2D eigenvalue weighted by Gasteiger charge is -2.19. The van der Waals surface area contributed by atoms with Crippen LogP contribution in [0.3, 0.4) is 0 Å². The summed E-state index contributed by atoms with van der Waals surface area (Å²) in [4.78, 5) is 27.0. The zero-order valence-corrected chi connectivity index (χ0v) is 35.8. The standard InChI is InChI=1S/C59H37N5S/c1-2-20-46-38(13-1)27-30-53-54-35-43(28-29-51(54)49-23-4-3-21-47(49)48-22-5-6-24-50(48)52-25-7-8-26-55(52)65-56(46)53)59-63-57(41-16-9-14-39(33-41)44-18-11-31-60-36-44)62-58(64-59)42-17-10-15-40(34-42)45-19-12-32-61-37-45/h1-37H. The summed E-state index contributed by atoms with van der Waals surface area (Å²) in [5, 5.41) is 2.40. The molecule has 0 atom stereocenters. The molecule has 8 aromatic carbocycles. The molecular weight excluding hydrogens is 811 g/mol. The number of rotatable bonds is 5. The van der Waals surface area contributed by atoms with Crippen molar-refractivity contribution in [2.75, 3.05) is 0 Å². The lowest BCUT2D eigenvalue weighted by atomic mass is 9.86. The third kappa shape index (κ3) is 7.16. The van der Waals surface area contributed by atoms with Crippen LogP contribution >= 0.6 is 11.8 Å². The summed E-state index contributed by atoms with van der Waals surface area (Å²) in [6, 6.07) is 71.1. The first-order valence-electron chi connectivity index (χ1n) is 21.6. The minimum absolute atomic E-state index is 0.583. The molecule has 0 N–H and O–H groups in total. The highest BCUT2D eigenvalue weighted by molar-refractivity contribution is 7.99. The van der Waals surface area contributed by atoms with Gasteiger partial charge in [-0.3, -0.25) is 9.97 Å². The van der Waals surface area contributed by atoms with Crippen molar-refractivity contribution in [3.05, 3.63) is 225 Å². The Morgan fingerprint density at radius 2 is 0.754 bits per heavy atom. The van der Waals surface area contributed by atoms with E-state index < -0.39 is 0 Å². The molecule has 0 radical (unpaired) electrons. The average Bonchev–Trinajstić information content (AvgIpc) is 3.40. The van der Waals surface area contributed by atoms with Gasteiger partial charge >= 0.3 is 0 Å². The van der Waals surface area contributed by atoms with Crippen molar-refractivity contribution in [1.29, 1.82) is 0 Å². The van der Waals surface area contributed by atoms with Gasteiger partial charge in [0.25, 0.3) is 0 Å². The summed E-state index contributed by atoms with van der Waals surface area (Å²) in [7, 11) is 0. The number of nitrogens with zero attached hydrogens (tertiary/aromatic N) is 5. The predicted octanol–water partition coefficient (Wildman–Crippen LogP) is 15.3. The van der Waals surface area contributed by atoms with Crippen LogP contribution in [-0.2, 0) is 0 Å². The van der Waals surface area contributed by atoms with Crippen molar-refractivity contribution in [3.63, 3.8) is 0 Å². The largest absolute Gasteiger partial charge is 0.264 e. The van der Waals surface area contributed by atoms with Gasteiger partial charge in [0.1, 0.15) is 0 Å². The summed E-state index contributed by atoms with van der Waals surface area (Å²) in [5.74, 6) is 1.75. The molecule has 0 saturated carbocycles. The molecule has 0 bridgehead atoms. The first-order chi connectivity index (χ1) is 32.2. The maximum Gasteiger partial charge on any atom is 0.164 e. The smallest absolute Gasteiger partial charge is 0.164 e. The van der Waals surface area contributed by atoms with Crippen LogP contribution < -0.4 is 0 Å². The Morgan fingerprint density at radius 1 is 0.292 bits per heavy atom. The third-order valence-electron chi connectivity index (χ3n) is 12.1. The Kier molecular flexibility index (Phi) is 9.69. The lowest BCUT2D eigenvalue weighted by molar-refractivity contribution is 1.07. The summed E-state index contributed by atoms with van der Waals surface area (Å²) in [6.07, 6.45) is 7.35. The second-order valence-corrected chi connectivity index (χ2v) is 17.1. The van der Waals surface area contributed by atoms with E-state index in [0.717, 1.165) is 61.2 Å². The molecule has 12 rings (SSSR count). The molecule has 1 aliphatic rings. The fraction of sp³-hybridized carbons (Fsp3) is 0. The minimum atomic E-state index is 0.583. The van der Waals surface area contributed by atoms with E-state index >= 15 is 0 Å². The van der Waals surface area contributed by atoms with Gasteiger partial charge in [-0.25, -0.2) is 15.0 Å². The van der Waals surface area contributed by atoms with Crippen LogP contribution in [-0.4, -0.2) is 24.9 Å². The molecule has 5 nitrogen and oxygen atoms in total.